The summed E-state index contributed by atoms with van der Waals surface area (Å²) in [5.74, 6) is 0.471. The van der Waals surface area contributed by atoms with Crippen LogP contribution in [0.5, 0.6) is 0 Å². The maximum Gasteiger partial charge on any atom is 0.0355 e. The maximum absolute atomic E-state index is 2.39. The Morgan fingerprint density at radius 2 is 0.838 bits per heavy atom. The van der Waals surface area contributed by atoms with Crippen LogP contribution in [0.4, 0.5) is 0 Å². The maximum atomic E-state index is 2.39. The van der Waals surface area contributed by atoms with Gasteiger partial charge in [-0.1, -0.05) is 146 Å². The molecule has 0 fully saturated rings. The zero-order chi connectivity index (χ0) is 24.8. The van der Waals surface area contributed by atoms with Crippen molar-refractivity contribution in [3.05, 3.63) is 190 Å². The number of fused-ring (bicyclic) bond motifs is 2. The minimum absolute atomic E-state index is 0.179. The summed E-state index contributed by atoms with van der Waals surface area (Å²) in [6, 6.07) is 51.1. The number of benzene rings is 5. The summed E-state index contributed by atoms with van der Waals surface area (Å²) in [6.07, 6.45) is 0. The van der Waals surface area contributed by atoms with E-state index in [-0.39, 0.29) is 5.92 Å². The number of allylic oxidation sites excluding steroid dienone is 2. The van der Waals surface area contributed by atoms with Crippen LogP contribution in [-0.2, 0) is 0 Å². The van der Waals surface area contributed by atoms with Gasteiger partial charge in [-0.3, -0.25) is 0 Å². The molecule has 0 N–H and O–H groups in total. The van der Waals surface area contributed by atoms with Gasteiger partial charge in [0.15, 0.2) is 0 Å². The first kappa shape index (κ1) is 21.8. The van der Waals surface area contributed by atoms with E-state index in [1.54, 1.807) is 0 Å². The molecule has 0 spiro atoms. The first-order valence-corrected chi connectivity index (χ1v) is 13.2. The molecule has 0 saturated heterocycles. The molecule has 176 valence electrons. The molecule has 0 radical (unpaired) electrons. The van der Waals surface area contributed by atoms with Crippen LogP contribution in [0.15, 0.2) is 151 Å². The lowest BCUT2D eigenvalue weighted by molar-refractivity contribution is 0.880. The Balaban J connectivity index is 1.62. The summed E-state index contributed by atoms with van der Waals surface area (Å²) in [5.41, 5.74) is 15.1. The Morgan fingerprint density at radius 1 is 0.405 bits per heavy atom. The highest BCUT2D eigenvalue weighted by atomic mass is 14.4. The van der Waals surface area contributed by atoms with Crippen molar-refractivity contribution in [2.75, 3.05) is 0 Å². The van der Waals surface area contributed by atoms with Crippen molar-refractivity contribution >= 4 is 11.1 Å². The minimum atomic E-state index is 0.179. The molecule has 0 aliphatic heterocycles. The lowest BCUT2D eigenvalue weighted by Gasteiger charge is -2.24. The monoisotopic (exact) mass is 472 g/mol. The van der Waals surface area contributed by atoms with Crippen molar-refractivity contribution in [3.63, 3.8) is 0 Å². The minimum Gasteiger partial charge on any atom is -0.0622 e. The molecule has 0 heterocycles. The summed E-state index contributed by atoms with van der Waals surface area (Å²) in [5, 5.41) is 0. The molecule has 2 atom stereocenters. The fourth-order valence-electron chi connectivity index (χ4n) is 6.52. The molecule has 37 heavy (non-hydrogen) atoms. The highest BCUT2D eigenvalue weighted by Crippen LogP contribution is 2.57. The molecular formula is C37H28. The topological polar surface area (TPSA) is 0 Å². The Bertz CT molecular complexity index is 1650. The second-order valence-corrected chi connectivity index (χ2v) is 10.0. The molecule has 0 bridgehead atoms. The summed E-state index contributed by atoms with van der Waals surface area (Å²) in [6.45, 7) is 2.39. The Labute approximate surface area is 219 Å². The van der Waals surface area contributed by atoms with Gasteiger partial charge in [0.2, 0.25) is 0 Å². The Kier molecular flexibility index (Phi) is 5.26. The van der Waals surface area contributed by atoms with Crippen LogP contribution < -0.4 is 0 Å². The lowest BCUT2D eigenvalue weighted by atomic mass is 9.79. The molecule has 0 amide bonds. The molecule has 0 heteroatoms. The van der Waals surface area contributed by atoms with E-state index in [0.29, 0.717) is 5.92 Å². The van der Waals surface area contributed by atoms with Gasteiger partial charge in [-0.25, -0.2) is 0 Å². The summed E-state index contributed by atoms with van der Waals surface area (Å²) in [4.78, 5) is 0. The molecule has 2 aliphatic carbocycles. The largest absolute Gasteiger partial charge is 0.0622 e. The average molecular weight is 473 g/mol. The third-order valence-corrected chi connectivity index (χ3v) is 8.05. The van der Waals surface area contributed by atoms with Crippen molar-refractivity contribution in [2.24, 2.45) is 0 Å². The predicted octanol–water partition coefficient (Wildman–Crippen LogP) is 9.25. The number of hydrogen-bond donors (Lipinski definition) is 0. The highest BCUT2D eigenvalue weighted by molar-refractivity contribution is 5.99. The quantitative estimate of drug-likeness (QED) is 0.244. The molecule has 0 nitrogen and oxygen atoms in total. The van der Waals surface area contributed by atoms with Crippen LogP contribution in [-0.4, -0.2) is 0 Å². The van der Waals surface area contributed by atoms with Gasteiger partial charge in [0, 0.05) is 11.8 Å². The molecule has 0 saturated carbocycles. The predicted molar refractivity (Wildman–Crippen MR) is 155 cm³/mol. The van der Waals surface area contributed by atoms with Crippen LogP contribution in [0.3, 0.4) is 0 Å². The van der Waals surface area contributed by atoms with Gasteiger partial charge in [0.25, 0.3) is 0 Å². The van der Waals surface area contributed by atoms with Crippen molar-refractivity contribution in [2.45, 2.75) is 18.8 Å². The van der Waals surface area contributed by atoms with E-state index in [1.807, 2.05) is 0 Å². The third kappa shape index (κ3) is 3.44. The van der Waals surface area contributed by atoms with Gasteiger partial charge in [0.1, 0.15) is 0 Å². The van der Waals surface area contributed by atoms with Crippen LogP contribution in [0.1, 0.15) is 57.7 Å². The molecule has 7 rings (SSSR count). The van der Waals surface area contributed by atoms with Crippen molar-refractivity contribution in [3.8, 4) is 0 Å². The fraction of sp³-hybridized carbons (Fsp3) is 0.0811. The normalized spacial score (nSPS) is 18.2. The van der Waals surface area contributed by atoms with Crippen molar-refractivity contribution in [1.82, 2.24) is 0 Å². The first-order valence-electron chi connectivity index (χ1n) is 13.2. The summed E-state index contributed by atoms with van der Waals surface area (Å²) in [7, 11) is 0. The van der Waals surface area contributed by atoms with Crippen molar-refractivity contribution < 1.29 is 0 Å². The number of rotatable bonds is 4. The van der Waals surface area contributed by atoms with Crippen LogP contribution in [0, 0.1) is 0 Å². The van der Waals surface area contributed by atoms with Gasteiger partial charge < -0.3 is 0 Å². The van der Waals surface area contributed by atoms with E-state index >= 15 is 0 Å². The van der Waals surface area contributed by atoms with Gasteiger partial charge in [-0.15, -0.1) is 0 Å². The first-order chi connectivity index (χ1) is 18.3. The van der Waals surface area contributed by atoms with Gasteiger partial charge in [-0.2, -0.15) is 0 Å². The third-order valence-electron chi connectivity index (χ3n) is 8.05. The molecule has 2 unspecified atom stereocenters. The molecular weight excluding hydrogens is 444 g/mol. The summed E-state index contributed by atoms with van der Waals surface area (Å²) >= 11 is 0. The molecule has 2 aliphatic rings. The highest BCUT2D eigenvalue weighted by Gasteiger charge is 2.40. The molecule has 0 aromatic heterocycles. The van der Waals surface area contributed by atoms with Gasteiger partial charge >= 0.3 is 0 Å². The average Bonchev–Trinajstić information content (AvgIpc) is 3.46. The Hall–Kier alpha value is -4.42. The van der Waals surface area contributed by atoms with E-state index in [1.165, 1.54) is 61.2 Å². The van der Waals surface area contributed by atoms with Gasteiger partial charge in [0.05, 0.1) is 0 Å². The molecule has 5 aromatic rings. The Morgan fingerprint density at radius 3 is 1.43 bits per heavy atom. The standard InChI is InChI=1S/C37H28/c1-25-29-21-11-12-22-30(29)34(26-15-5-2-6-16-26)33(25)37-35(27-17-7-3-8-18-27)31-23-13-14-24-32(31)36(37)28-19-9-4-10-20-28/h2-25,35H,1H3. The van der Waals surface area contributed by atoms with Crippen LogP contribution >= 0.6 is 0 Å². The van der Waals surface area contributed by atoms with E-state index in [0.717, 1.165) is 0 Å². The smallest absolute Gasteiger partial charge is 0.0355 e. The van der Waals surface area contributed by atoms with E-state index in [9.17, 15) is 0 Å². The van der Waals surface area contributed by atoms with E-state index < -0.39 is 0 Å². The zero-order valence-corrected chi connectivity index (χ0v) is 20.9. The van der Waals surface area contributed by atoms with Crippen molar-refractivity contribution in [1.29, 1.82) is 0 Å². The van der Waals surface area contributed by atoms with Crippen LogP contribution in [0.2, 0.25) is 0 Å². The lowest BCUT2D eigenvalue weighted by Crippen LogP contribution is -2.07. The SMILES string of the molecule is CC1C(C2=C(c3ccccc3)c3ccccc3C2c2ccccc2)=C(c2ccccc2)c2ccccc21. The van der Waals surface area contributed by atoms with Gasteiger partial charge in [-0.05, 0) is 61.2 Å². The van der Waals surface area contributed by atoms with E-state index in [4.69, 9.17) is 0 Å². The number of hydrogen-bond acceptors (Lipinski definition) is 0. The zero-order valence-electron chi connectivity index (χ0n) is 20.9. The molecule has 5 aromatic carbocycles. The van der Waals surface area contributed by atoms with E-state index in [2.05, 4.69) is 146 Å². The van der Waals surface area contributed by atoms with Crippen LogP contribution in [0.25, 0.3) is 11.1 Å². The second-order valence-electron chi connectivity index (χ2n) is 10.0. The second kappa shape index (κ2) is 8.91. The fourth-order valence-corrected chi connectivity index (χ4v) is 6.52. The summed E-state index contributed by atoms with van der Waals surface area (Å²) < 4.78 is 0.